The van der Waals surface area contributed by atoms with E-state index in [2.05, 4.69) is 22.1 Å². The van der Waals surface area contributed by atoms with Crippen molar-refractivity contribution in [2.75, 3.05) is 39.9 Å². The van der Waals surface area contributed by atoms with Crippen molar-refractivity contribution in [2.45, 2.75) is 45.4 Å². The molecule has 164 valence electrons. The average molecular weight is 416 g/mol. The van der Waals surface area contributed by atoms with Crippen molar-refractivity contribution in [3.8, 4) is 11.5 Å². The number of methoxy groups -OCH3 is 1. The van der Waals surface area contributed by atoms with Gasteiger partial charge in [0.05, 0.1) is 19.2 Å². The third-order valence-corrected chi connectivity index (χ3v) is 5.56. The summed E-state index contributed by atoms with van der Waals surface area (Å²) in [6.07, 6.45) is 6.81. The van der Waals surface area contributed by atoms with Crippen molar-refractivity contribution in [1.29, 1.82) is 0 Å². The molecule has 1 aliphatic rings. The summed E-state index contributed by atoms with van der Waals surface area (Å²) in [5, 5.41) is 3.62. The molecule has 2 heterocycles. The molecule has 1 fully saturated rings. The normalized spacial score (nSPS) is 14.6. The van der Waals surface area contributed by atoms with Gasteiger partial charge in [0.1, 0.15) is 5.56 Å². The number of nitrogens with one attached hydrogen (secondary N) is 2. The number of hydrogen-bond acceptors (Lipinski definition) is 5. The zero-order chi connectivity index (χ0) is 21.3. The molecule has 0 atom stereocenters. The molecule has 1 aliphatic heterocycles. The molecule has 0 radical (unpaired) electrons. The zero-order valence-corrected chi connectivity index (χ0v) is 18.1. The van der Waals surface area contributed by atoms with E-state index >= 15 is 0 Å². The molecule has 7 nitrogen and oxygen atoms in total. The van der Waals surface area contributed by atoms with Crippen LogP contribution in [0.2, 0.25) is 0 Å². The van der Waals surface area contributed by atoms with Crippen molar-refractivity contribution in [3.05, 3.63) is 34.1 Å². The first-order valence-corrected chi connectivity index (χ1v) is 11.0. The summed E-state index contributed by atoms with van der Waals surface area (Å²) in [7, 11) is 1.57. The summed E-state index contributed by atoms with van der Waals surface area (Å²) < 4.78 is 11.3. The van der Waals surface area contributed by atoms with Gasteiger partial charge < -0.3 is 24.7 Å². The van der Waals surface area contributed by atoms with Crippen molar-refractivity contribution in [2.24, 2.45) is 0 Å². The summed E-state index contributed by atoms with van der Waals surface area (Å²) in [6, 6.07) is 5.25. The summed E-state index contributed by atoms with van der Waals surface area (Å²) in [6.45, 7) is 6.18. The van der Waals surface area contributed by atoms with Gasteiger partial charge in [0.2, 0.25) is 0 Å². The Morgan fingerprint density at radius 1 is 1.20 bits per heavy atom. The molecule has 0 bridgehead atoms. The number of fused-ring (bicyclic) bond motifs is 1. The SMILES string of the molecule is CCCCCOc1c(OC)ccc2cc(C(=O)NCCN3CCCCC3)c(=O)[nH]c12. The van der Waals surface area contributed by atoms with E-state index in [1.54, 1.807) is 19.2 Å². The van der Waals surface area contributed by atoms with Crippen LogP contribution in [-0.4, -0.2) is 55.7 Å². The molecule has 1 saturated heterocycles. The van der Waals surface area contributed by atoms with Crippen molar-refractivity contribution in [3.63, 3.8) is 0 Å². The zero-order valence-electron chi connectivity index (χ0n) is 18.1. The number of unbranched alkanes of at least 4 members (excludes halogenated alkanes) is 2. The maximum Gasteiger partial charge on any atom is 0.261 e. The van der Waals surface area contributed by atoms with E-state index in [1.165, 1.54) is 19.3 Å². The predicted molar refractivity (Wildman–Crippen MR) is 119 cm³/mol. The molecule has 1 aromatic carbocycles. The second-order valence-electron chi connectivity index (χ2n) is 7.79. The van der Waals surface area contributed by atoms with Gasteiger partial charge in [0, 0.05) is 18.5 Å². The highest BCUT2D eigenvalue weighted by molar-refractivity contribution is 5.98. The predicted octanol–water partition coefficient (Wildman–Crippen LogP) is 3.32. The second-order valence-corrected chi connectivity index (χ2v) is 7.79. The quantitative estimate of drug-likeness (QED) is 0.582. The molecule has 0 unspecified atom stereocenters. The number of carbonyl (C=O) groups excluding carboxylic acids is 1. The van der Waals surface area contributed by atoms with E-state index in [1.807, 2.05) is 6.07 Å². The number of piperidine rings is 1. The van der Waals surface area contributed by atoms with Gasteiger partial charge in [-0.3, -0.25) is 9.59 Å². The van der Waals surface area contributed by atoms with Crippen LogP contribution in [0.3, 0.4) is 0 Å². The molecular formula is C23H33N3O4. The Kier molecular flexibility index (Phi) is 8.13. The largest absolute Gasteiger partial charge is 0.493 e. The van der Waals surface area contributed by atoms with E-state index in [9.17, 15) is 9.59 Å². The molecule has 30 heavy (non-hydrogen) atoms. The lowest BCUT2D eigenvalue weighted by molar-refractivity contribution is 0.0945. The number of aromatic nitrogens is 1. The van der Waals surface area contributed by atoms with Crippen LogP contribution < -0.4 is 20.3 Å². The van der Waals surface area contributed by atoms with Crippen molar-refractivity contribution >= 4 is 16.8 Å². The Morgan fingerprint density at radius 2 is 2.00 bits per heavy atom. The first-order chi connectivity index (χ1) is 14.6. The number of aromatic amines is 1. The minimum atomic E-state index is -0.426. The Balaban J connectivity index is 1.73. The van der Waals surface area contributed by atoms with E-state index in [-0.39, 0.29) is 11.5 Å². The van der Waals surface area contributed by atoms with Crippen LogP contribution in [0.15, 0.2) is 23.0 Å². The maximum atomic E-state index is 12.6. The van der Waals surface area contributed by atoms with Crippen LogP contribution in [0.4, 0.5) is 0 Å². The molecule has 1 aromatic heterocycles. The Morgan fingerprint density at radius 3 is 2.73 bits per heavy atom. The van der Waals surface area contributed by atoms with E-state index in [0.29, 0.717) is 30.2 Å². The molecule has 0 saturated carbocycles. The van der Waals surface area contributed by atoms with Crippen LogP contribution in [-0.2, 0) is 0 Å². The summed E-state index contributed by atoms with van der Waals surface area (Å²) in [4.78, 5) is 30.4. The molecule has 1 amide bonds. The number of rotatable bonds is 10. The fourth-order valence-electron chi connectivity index (χ4n) is 3.83. The lowest BCUT2D eigenvalue weighted by Gasteiger charge is -2.26. The highest BCUT2D eigenvalue weighted by Crippen LogP contribution is 2.34. The van der Waals surface area contributed by atoms with Gasteiger partial charge in [-0.25, -0.2) is 0 Å². The minimum Gasteiger partial charge on any atom is -0.493 e. The Labute approximate surface area is 177 Å². The number of carbonyl (C=O) groups is 1. The maximum absolute atomic E-state index is 12.6. The molecule has 0 spiro atoms. The molecule has 2 aromatic rings. The Hall–Kier alpha value is -2.54. The number of hydrogen-bond donors (Lipinski definition) is 2. The first-order valence-electron chi connectivity index (χ1n) is 11.0. The summed E-state index contributed by atoms with van der Waals surface area (Å²) >= 11 is 0. The number of pyridine rings is 1. The summed E-state index contributed by atoms with van der Waals surface area (Å²) in [5.74, 6) is 0.727. The molecule has 7 heteroatoms. The number of likely N-dealkylation sites (tertiary alicyclic amines) is 1. The van der Waals surface area contributed by atoms with E-state index in [0.717, 1.165) is 44.3 Å². The average Bonchev–Trinajstić information content (AvgIpc) is 2.77. The van der Waals surface area contributed by atoms with Crippen molar-refractivity contribution < 1.29 is 14.3 Å². The van der Waals surface area contributed by atoms with Crippen LogP contribution in [0.25, 0.3) is 10.9 Å². The smallest absolute Gasteiger partial charge is 0.261 e. The number of nitrogens with zero attached hydrogens (tertiary/aromatic N) is 1. The van der Waals surface area contributed by atoms with Gasteiger partial charge in [-0.05, 0) is 50.6 Å². The number of ether oxygens (including phenoxy) is 2. The molecule has 0 aliphatic carbocycles. The molecule has 3 rings (SSSR count). The van der Waals surface area contributed by atoms with Gasteiger partial charge in [-0.2, -0.15) is 0 Å². The lowest BCUT2D eigenvalue weighted by atomic mass is 10.1. The topological polar surface area (TPSA) is 83.7 Å². The monoisotopic (exact) mass is 415 g/mol. The number of H-pyrrole nitrogens is 1. The van der Waals surface area contributed by atoms with Gasteiger partial charge in [0.25, 0.3) is 11.5 Å². The first kappa shape index (κ1) is 22.2. The van der Waals surface area contributed by atoms with Crippen LogP contribution in [0.5, 0.6) is 11.5 Å². The highest BCUT2D eigenvalue weighted by atomic mass is 16.5. The van der Waals surface area contributed by atoms with Crippen molar-refractivity contribution in [1.82, 2.24) is 15.2 Å². The van der Waals surface area contributed by atoms with Crippen LogP contribution >= 0.6 is 0 Å². The fraction of sp³-hybridized carbons (Fsp3) is 0.565. The Bertz CT molecular complexity index is 903. The standard InChI is InChI=1S/C23H33N3O4/c1-3-4-8-15-30-21-19(29-2)10-9-17-16-18(23(28)25-20(17)21)22(27)24-11-14-26-12-6-5-7-13-26/h9-10,16H,3-8,11-15H2,1-2H3,(H,24,27)(H,25,28). The third kappa shape index (κ3) is 5.53. The van der Waals surface area contributed by atoms with Gasteiger partial charge in [0.15, 0.2) is 11.5 Å². The highest BCUT2D eigenvalue weighted by Gasteiger charge is 2.17. The number of benzene rings is 1. The van der Waals surface area contributed by atoms with Gasteiger partial charge in [-0.1, -0.05) is 26.2 Å². The van der Waals surface area contributed by atoms with Crippen LogP contribution in [0, 0.1) is 0 Å². The number of amides is 1. The van der Waals surface area contributed by atoms with Gasteiger partial charge in [-0.15, -0.1) is 0 Å². The van der Waals surface area contributed by atoms with Gasteiger partial charge >= 0.3 is 0 Å². The van der Waals surface area contributed by atoms with E-state index in [4.69, 9.17) is 9.47 Å². The molecular weight excluding hydrogens is 382 g/mol. The van der Waals surface area contributed by atoms with E-state index < -0.39 is 5.56 Å². The summed E-state index contributed by atoms with van der Waals surface area (Å²) in [5.41, 5.74) is 0.244. The fourth-order valence-corrected chi connectivity index (χ4v) is 3.83. The molecule has 2 N–H and O–H groups in total. The van der Waals surface area contributed by atoms with Crippen LogP contribution in [0.1, 0.15) is 55.8 Å². The minimum absolute atomic E-state index is 0.114. The third-order valence-electron chi connectivity index (χ3n) is 5.56. The lowest BCUT2D eigenvalue weighted by Crippen LogP contribution is -2.38. The second kappa shape index (κ2) is 11.0.